The Kier molecular flexibility index (Phi) is 2.14. The van der Waals surface area contributed by atoms with E-state index in [1.165, 1.54) is 16.7 Å². The summed E-state index contributed by atoms with van der Waals surface area (Å²) in [5.41, 5.74) is 3.90. The molecule has 1 heteroatoms. The molecule has 0 amide bonds. The topological polar surface area (TPSA) is 20.2 Å². The molecule has 0 heterocycles. The smallest absolute Gasteiger partial charge is 0.116 e. The first-order valence-corrected chi connectivity index (χ1v) is 5.48. The second-order valence-corrected chi connectivity index (χ2v) is 5.21. The second kappa shape index (κ2) is 3.13. The number of aromatic hydroxyl groups is 1. The van der Waals surface area contributed by atoms with Crippen molar-refractivity contribution in [2.24, 2.45) is 0 Å². The highest BCUT2D eigenvalue weighted by molar-refractivity contribution is 5.68. The highest BCUT2D eigenvalue weighted by Crippen LogP contribution is 2.41. The van der Waals surface area contributed by atoms with E-state index < -0.39 is 0 Å². The summed E-state index contributed by atoms with van der Waals surface area (Å²) >= 11 is 0. The lowest BCUT2D eigenvalue weighted by Gasteiger charge is -2.24. The van der Waals surface area contributed by atoms with Crippen LogP contribution < -0.4 is 0 Å². The lowest BCUT2D eigenvalue weighted by atomic mass is 9.80. The minimum Gasteiger partial charge on any atom is -0.508 e. The third-order valence-electron chi connectivity index (χ3n) is 3.13. The molecule has 0 atom stereocenters. The quantitative estimate of drug-likeness (QED) is 0.734. The van der Waals surface area contributed by atoms with Crippen LogP contribution in [0.25, 0.3) is 6.08 Å². The van der Waals surface area contributed by atoms with Crippen LogP contribution in [0.2, 0.25) is 0 Å². The Morgan fingerprint density at radius 3 is 2.47 bits per heavy atom. The van der Waals surface area contributed by atoms with E-state index in [-0.39, 0.29) is 5.41 Å². The largest absolute Gasteiger partial charge is 0.508 e. The average molecular weight is 202 g/mol. The fourth-order valence-electron chi connectivity index (χ4n) is 2.38. The van der Waals surface area contributed by atoms with Crippen molar-refractivity contribution in [2.45, 2.75) is 39.0 Å². The summed E-state index contributed by atoms with van der Waals surface area (Å²) in [5, 5.41) is 9.66. The average Bonchev–Trinajstić information content (AvgIpc) is 2.41. The summed E-state index contributed by atoms with van der Waals surface area (Å²) in [5.74, 6) is 0.824. The molecule has 15 heavy (non-hydrogen) atoms. The van der Waals surface area contributed by atoms with E-state index in [0.29, 0.717) is 11.7 Å². The maximum atomic E-state index is 9.66. The first-order chi connectivity index (χ1) is 6.92. The van der Waals surface area contributed by atoms with Gasteiger partial charge in [0.05, 0.1) is 0 Å². The lowest BCUT2D eigenvalue weighted by Crippen LogP contribution is -2.14. The molecule has 0 saturated carbocycles. The van der Waals surface area contributed by atoms with Gasteiger partial charge in [0.1, 0.15) is 5.75 Å². The van der Waals surface area contributed by atoms with Gasteiger partial charge in [-0.25, -0.2) is 0 Å². The fourth-order valence-corrected chi connectivity index (χ4v) is 2.38. The van der Waals surface area contributed by atoms with E-state index in [1.54, 1.807) is 0 Å². The van der Waals surface area contributed by atoms with Crippen LogP contribution >= 0.6 is 0 Å². The van der Waals surface area contributed by atoms with E-state index in [4.69, 9.17) is 0 Å². The molecule has 0 saturated heterocycles. The normalized spacial score (nSPS) is 17.1. The van der Waals surface area contributed by atoms with Crippen LogP contribution in [0.3, 0.4) is 0 Å². The molecule has 0 radical (unpaired) electrons. The van der Waals surface area contributed by atoms with Gasteiger partial charge < -0.3 is 5.11 Å². The number of allylic oxidation sites excluding steroid dienone is 1. The summed E-state index contributed by atoms with van der Waals surface area (Å²) in [4.78, 5) is 0. The molecule has 0 fully saturated rings. The van der Waals surface area contributed by atoms with Crippen LogP contribution in [0.4, 0.5) is 0 Å². The molecule has 1 nitrogen and oxygen atoms in total. The second-order valence-electron chi connectivity index (χ2n) is 5.21. The molecular weight excluding hydrogens is 184 g/mol. The highest BCUT2D eigenvalue weighted by atomic mass is 16.3. The minimum atomic E-state index is 0.0998. The van der Waals surface area contributed by atoms with Gasteiger partial charge in [-0.05, 0) is 34.7 Å². The van der Waals surface area contributed by atoms with Crippen LogP contribution in [0.1, 0.15) is 50.3 Å². The SMILES string of the molecule is CC(C)c1cc(O)cc2c1C(C)(C)C=C2. The third-order valence-corrected chi connectivity index (χ3v) is 3.13. The van der Waals surface area contributed by atoms with Gasteiger partial charge in [-0.15, -0.1) is 0 Å². The first kappa shape index (κ1) is 10.3. The third kappa shape index (κ3) is 1.56. The molecule has 80 valence electrons. The van der Waals surface area contributed by atoms with Crippen molar-refractivity contribution in [3.63, 3.8) is 0 Å². The van der Waals surface area contributed by atoms with Gasteiger partial charge in [0.2, 0.25) is 0 Å². The van der Waals surface area contributed by atoms with E-state index in [1.807, 2.05) is 12.1 Å². The molecule has 0 aromatic heterocycles. The van der Waals surface area contributed by atoms with Crippen LogP contribution in [0.15, 0.2) is 18.2 Å². The van der Waals surface area contributed by atoms with Gasteiger partial charge in [0, 0.05) is 5.41 Å². The Balaban J connectivity index is 2.69. The molecular formula is C14H18O. The minimum absolute atomic E-state index is 0.0998. The summed E-state index contributed by atoms with van der Waals surface area (Å²) in [6.07, 6.45) is 4.32. The summed E-state index contributed by atoms with van der Waals surface area (Å²) in [6, 6.07) is 3.75. The number of benzene rings is 1. The van der Waals surface area contributed by atoms with Gasteiger partial charge in [-0.2, -0.15) is 0 Å². The van der Waals surface area contributed by atoms with E-state index >= 15 is 0 Å². The fraction of sp³-hybridized carbons (Fsp3) is 0.429. The number of fused-ring (bicyclic) bond motifs is 1. The standard InChI is InChI=1S/C14H18O/c1-9(2)12-8-11(15)7-10-5-6-14(3,4)13(10)12/h5-9,15H,1-4H3. The molecule has 1 aromatic carbocycles. The Labute approximate surface area is 91.4 Å². The van der Waals surface area contributed by atoms with Crippen molar-refractivity contribution in [3.8, 4) is 5.75 Å². The van der Waals surface area contributed by atoms with Crippen LogP contribution in [0.5, 0.6) is 5.75 Å². The Bertz CT molecular complexity index is 425. The predicted octanol–water partition coefficient (Wildman–Crippen LogP) is 3.82. The lowest BCUT2D eigenvalue weighted by molar-refractivity contribution is 0.473. The predicted molar refractivity (Wildman–Crippen MR) is 64.3 cm³/mol. The summed E-state index contributed by atoms with van der Waals surface area (Å²) in [6.45, 7) is 8.78. The Hall–Kier alpha value is -1.24. The zero-order valence-electron chi connectivity index (χ0n) is 9.83. The monoisotopic (exact) mass is 202 g/mol. The van der Waals surface area contributed by atoms with Gasteiger partial charge in [-0.1, -0.05) is 39.8 Å². The van der Waals surface area contributed by atoms with Crippen molar-refractivity contribution in [3.05, 3.63) is 34.9 Å². The maximum absolute atomic E-state index is 9.66. The van der Waals surface area contributed by atoms with Gasteiger partial charge in [0.15, 0.2) is 0 Å². The first-order valence-electron chi connectivity index (χ1n) is 5.48. The van der Waals surface area contributed by atoms with Crippen LogP contribution in [0, 0.1) is 0 Å². The zero-order chi connectivity index (χ0) is 11.2. The zero-order valence-corrected chi connectivity index (χ0v) is 9.83. The van der Waals surface area contributed by atoms with Crippen molar-refractivity contribution in [2.75, 3.05) is 0 Å². The highest BCUT2D eigenvalue weighted by Gasteiger charge is 2.28. The Morgan fingerprint density at radius 1 is 1.20 bits per heavy atom. The van der Waals surface area contributed by atoms with E-state index in [9.17, 15) is 5.11 Å². The number of phenolic OH excluding ortho intramolecular Hbond substituents is 1. The van der Waals surface area contributed by atoms with Crippen LogP contribution in [-0.2, 0) is 5.41 Å². The van der Waals surface area contributed by atoms with Crippen molar-refractivity contribution in [1.29, 1.82) is 0 Å². The molecule has 1 aliphatic rings. The van der Waals surface area contributed by atoms with Gasteiger partial charge in [0.25, 0.3) is 0 Å². The van der Waals surface area contributed by atoms with Gasteiger partial charge in [-0.3, -0.25) is 0 Å². The molecule has 0 aliphatic heterocycles. The number of hydrogen-bond donors (Lipinski definition) is 1. The van der Waals surface area contributed by atoms with E-state index in [2.05, 4.69) is 39.8 Å². The van der Waals surface area contributed by atoms with Crippen molar-refractivity contribution < 1.29 is 5.11 Å². The molecule has 2 rings (SSSR count). The number of hydrogen-bond acceptors (Lipinski definition) is 1. The van der Waals surface area contributed by atoms with Crippen LogP contribution in [-0.4, -0.2) is 5.11 Å². The maximum Gasteiger partial charge on any atom is 0.116 e. The van der Waals surface area contributed by atoms with Crippen molar-refractivity contribution in [1.82, 2.24) is 0 Å². The number of rotatable bonds is 1. The molecule has 0 spiro atoms. The van der Waals surface area contributed by atoms with Gasteiger partial charge >= 0.3 is 0 Å². The Morgan fingerprint density at radius 2 is 1.87 bits per heavy atom. The van der Waals surface area contributed by atoms with E-state index in [0.717, 1.165) is 0 Å². The molecule has 1 aliphatic carbocycles. The summed E-state index contributed by atoms with van der Waals surface area (Å²) in [7, 11) is 0. The molecule has 1 aromatic rings. The summed E-state index contributed by atoms with van der Waals surface area (Å²) < 4.78 is 0. The van der Waals surface area contributed by atoms with Crippen molar-refractivity contribution >= 4 is 6.08 Å². The molecule has 0 unspecified atom stereocenters. The molecule has 1 N–H and O–H groups in total. The molecule has 0 bridgehead atoms. The number of phenols is 1.